The van der Waals surface area contributed by atoms with Crippen molar-refractivity contribution in [1.82, 2.24) is 5.32 Å². The van der Waals surface area contributed by atoms with E-state index in [1.165, 1.54) is 27.8 Å². The van der Waals surface area contributed by atoms with Crippen molar-refractivity contribution in [2.75, 3.05) is 13.1 Å². The lowest BCUT2D eigenvalue weighted by molar-refractivity contribution is 0.574. The molecule has 1 aromatic carbocycles. The highest BCUT2D eigenvalue weighted by molar-refractivity contribution is 5.86. The fourth-order valence-corrected chi connectivity index (χ4v) is 3.41. The van der Waals surface area contributed by atoms with Crippen molar-refractivity contribution in [3.63, 3.8) is 0 Å². The van der Waals surface area contributed by atoms with Crippen molar-refractivity contribution in [3.05, 3.63) is 33.9 Å². The van der Waals surface area contributed by atoms with E-state index in [1.807, 2.05) is 0 Å². The van der Waals surface area contributed by atoms with Crippen LogP contribution in [0.25, 0.3) is 0 Å². The summed E-state index contributed by atoms with van der Waals surface area (Å²) in [4.78, 5) is 4.56. The summed E-state index contributed by atoms with van der Waals surface area (Å²) in [6.07, 6.45) is 0.946. The van der Waals surface area contributed by atoms with Crippen LogP contribution in [-0.2, 0) is 11.8 Å². The summed E-state index contributed by atoms with van der Waals surface area (Å²) in [5.41, 5.74) is 7.54. The Morgan fingerprint density at radius 2 is 1.90 bits per heavy atom. The van der Waals surface area contributed by atoms with Crippen LogP contribution in [0.15, 0.2) is 11.1 Å². The van der Waals surface area contributed by atoms with Gasteiger partial charge in [-0.05, 0) is 53.0 Å². The average Bonchev–Trinajstić information content (AvgIpc) is 2.84. The largest absolute Gasteiger partial charge is 0.372 e. The Bertz CT molecular complexity index is 560. The first-order valence-electron chi connectivity index (χ1n) is 8.12. The number of aliphatic imine (C=N–C) groups is 1. The van der Waals surface area contributed by atoms with Gasteiger partial charge in [-0.2, -0.15) is 0 Å². The Balaban J connectivity index is 2.55. The molecule has 21 heavy (non-hydrogen) atoms. The maximum atomic E-state index is 4.56. The number of amidine groups is 1. The van der Waals surface area contributed by atoms with E-state index in [1.54, 1.807) is 0 Å². The van der Waals surface area contributed by atoms with Gasteiger partial charge in [-0.3, -0.25) is 4.99 Å². The van der Waals surface area contributed by atoms with Crippen LogP contribution in [-0.4, -0.2) is 18.9 Å². The third-order valence-electron chi connectivity index (χ3n) is 4.46. The predicted octanol–water partition coefficient (Wildman–Crippen LogP) is 4.27. The van der Waals surface area contributed by atoms with Gasteiger partial charge in [0.2, 0.25) is 0 Å². The summed E-state index contributed by atoms with van der Waals surface area (Å²) in [5, 5.41) is 3.40. The molecule has 2 heteroatoms. The molecule has 0 spiro atoms. The molecule has 1 heterocycles. The maximum Gasteiger partial charge on any atom is 0.101 e. The van der Waals surface area contributed by atoms with Gasteiger partial charge in [0, 0.05) is 13.0 Å². The molecule has 0 radical (unpaired) electrons. The van der Waals surface area contributed by atoms with Crippen molar-refractivity contribution in [3.8, 4) is 0 Å². The quantitative estimate of drug-likeness (QED) is 0.881. The van der Waals surface area contributed by atoms with Crippen LogP contribution in [0.1, 0.15) is 68.4 Å². The number of benzene rings is 1. The summed E-state index contributed by atoms with van der Waals surface area (Å²) in [6.45, 7) is 18.0. The van der Waals surface area contributed by atoms with Gasteiger partial charge in [0.05, 0.1) is 6.54 Å². The van der Waals surface area contributed by atoms with Crippen LogP contribution >= 0.6 is 0 Å². The molecule has 1 aliphatic rings. The van der Waals surface area contributed by atoms with Gasteiger partial charge < -0.3 is 5.32 Å². The van der Waals surface area contributed by atoms with Crippen LogP contribution < -0.4 is 5.32 Å². The van der Waals surface area contributed by atoms with Crippen molar-refractivity contribution in [1.29, 1.82) is 0 Å². The molecule has 1 N–H and O–H groups in total. The van der Waals surface area contributed by atoms with Crippen molar-refractivity contribution < 1.29 is 0 Å². The lowest BCUT2D eigenvalue weighted by Gasteiger charge is -2.29. The molecule has 0 atom stereocenters. The molecule has 2 rings (SSSR count). The number of aryl methyl sites for hydroxylation is 1. The molecule has 0 unspecified atom stereocenters. The average molecular weight is 286 g/mol. The second-order valence-electron chi connectivity index (χ2n) is 7.59. The number of hydrogen-bond acceptors (Lipinski definition) is 2. The van der Waals surface area contributed by atoms with Crippen molar-refractivity contribution in [2.45, 2.75) is 66.2 Å². The molecule has 0 bridgehead atoms. The second kappa shape index (κ2) is 5.82. The maximum absolute atomic E-state index is 4.56. The number of nitrogens with zero attached hydrogens (tertiary/aromatic N) is 1. The van der Waals surface area contributed by atoms with Crippen molar-refractivity contribution in [2.24, 2.45) is 4.99 Å². The summed E-state index contributed by atoms with van der Waals surface area (Å²) in [7, 11) is 0. The third kappa shape index (κ3) is 3.30. The van der Waals surface area contributed by atoms with E-state index in [-0.39, 0.29) is 5.41 Å². The Morgan fingerprint density at radius 3 is 2.38 bits per heavy atom. The first-order chi connectivity index (χ1) is 9.71. The minimum Gasteiger partial charge on any atom is -0.372 e. The first-order valence-corrected chi connectivity index (χ1v) is 8.12. The smallest absolute Gasteiger partial charge is 0.101 e. The lowest BCUT2D eigenvalue weighted by atomic mass is 9.76. The molecule has 2 nitrogen and oxygen atoms in total. The van der Waals surface area contributed by atoms with Crippen LogP contribution in [0.4, 0.5) is 0 Å². The number of nitrogens with one attached hydrogen (secondary N) is 1. The monoisotopic (exact) mass is 286 g/mol. The summed E-state index contributed by atoms with van der Waals surface area (Å²) < 4.78 is 0. The number of hydrogen-bond donors (Lipinski definition) is 1. The Hall–Kier alpha value is -1.31. The zero-order valence-corrected chi connectivity index (χ0v) is 14.7. The summed E-state index contributed by atoms with van der Waals surface area (Å²) in [5.74, 6) is 1.71. The molecule has 0 fully saturated rings. The van der Waals surface area contributed by atoms with E-state index < -0.39 is 0 Å². The van der Waals surface area contributed by atoms with Crippen LogP contribution in [0.2, 0.25) is 0 Å². The van der Waals surface area contributed by atoms with Gasteiger partial charge in [-0.1, -0.05) is 40.7 Å². The van der Waals surface area contributed by atoms with Gasteiger partial charge in [0.25, 0.3) is 0 Å². The van der Waals surface area contributed by atoms with Gasteiger partial charge in [-0.25, -0.2) is 0 Å². The van der Waals surface area contributed by atoms with E-state index in [9.17, 15) is 0 Å². The van der Waals surface area contributed by atoms with Gasteiger partial charge >= 0.3 is 0 Å². The van der Waals surface area contributed by atoms with Crippen molar-refractivity contribution >= 4 is 5.84 Å². The van der Waals surface area contributed by atoms with Gasteiger partial charge in [0.15, 0.2) is 0 Å². The zero-order chi connectivity index (χ0) is 15.8. The highest BCUT2D eigenvalue weighted by Gasteiger charge is 2.24. The van der Waals surface area contributed by atoms with E-state index in [0.717, 1.165) is 25.3 Å². The summed E-state index contributed by atoms with van der Waals surface area (Å²) >= 11 is 0. The first kappa shape index (κ1) is 16.1. The number of rotatable bonds is 3. The topological polar surface area (TPSA) is 24.4 Å². The summed E-state index contributed by atoms with van der Waals surface area (Å²) in [6, 6.07) is 2.41. The zero-order valence-electron chi connectivity index (χ0n) is 14.7. The Labute approximate surface area is 130 Å². The highest BCUT2D eigenvalue weighted by atomic mass is 15.1. The normalized spacial score (nSPS) is 15.3. The van der Waals surface area contributed by atoms with E-state index in [0.29, 0.717) is 5.92 Å². The Morgan fingerprint density at radius 1 is 1.24 bits per heavy atom. The molecule has 0 saturated carbocycles. The standard InChI is InChI=1S/C19H30N2/c1-12(2)18-14(4)15(11-17-20-8-9-21-17)13(3)10-16(18)19(5,6)7/h10,12H,8-9,11H2,1-7H3,(H,20,21). The molecule has 0 aliphatic carbocycles. The van der Waals surface area contributed by atoms with Crippen LogP contribution in [0.3, 0.4) is 0 Å². The highest BCUT2D eigenvalue weighted by Crippen LogP contribution is 2.36. The SMILES string of the molecule is Cc1cc(C(C)(C)C)c(C(C)C)c(C)c1CC1=NCCN1. The van der Waals surface area contributed by atoms with Crippen LogP contribution in [0.5, 0.6) is 0 Å². The van der Waals surface area contributed by atoms with Gasteiger partial charge in [-0.15, -0.1) is 0 Å². The molecule has 1 aliphatic heterocycles. The molecule has 0 saturated heterocycles. The third-order valence-corrected chi connectivity index (χ3v) is 4.46. The lowest BCUT2D eigenvalue weighted by Crippen LogP contribution is -2.23. The molecule has 0 amide bonds. The fourth-order valence-electron chi connectivity index (χ4n) is 3.41. The van der Waals surface area contributed by atoms with Crippen LogP contribution in [0, 0.1) is 13.8 Å². The molecular formula is C19H30N2. The Kier molecular flexibility index (Phi) is 4.46. The second-order valence-corrected chi connectivity index (χ2v) is 7.59. The van der Waals surface area contributed by atoms with E-state index in [4.69, 9.17) is 0 Å². The fraction of sp³-hybridized carbons (Fsp3) is 0.632. The minimum absolute atomic E-state index is 0.191. The molecule has 0 aromatic heterocycles. The van der Waals surface area contributed by atoms with Gasteiger partial charge in [0.1, 0.15) is 5.84 Å². The minimum atomic E-state index is 0.191. The molecular weight excluding hydrogens is 256 g/mol. The molecule has 116 valence electrons. The predicted molar refractivity (Wildman–Crippen MR) is 92.7 cm³/mol. The van der Waals surface area contributed by atoms with E-state index >= 15 is 0 Å². The molecule has 1 aromatic rings. The van der Waals surface area contributed by atoms with E-state index in [2.05, 4.69) is 64.8 Å².